The third-order valence-corrected chi connectivity index (χ3v) is 3.53. The molecule has 1 rings (SSSR count). The number of hydrogen-bond acceptors (Lipinski definition) is 6. The lowest BCUT2D eigenvalue weighted by atomic mass is 10.1. The normalized spacial score (nSPS) is 21.0. The molecule has 8 heteroatoms. The maximum Gasteiger partial charge on any atom is 0.322 e. The molecular weight excluding hydrogens is 276 g/mol. The van der Waals surface area contributed by atoms with Gasteiger partial charge >= 0.3 is 11.9 Å². The van der Waals surface area contributed by atoms with Crippen LogP contribution < -0.4 is 16.5 Å². The van der Waals surface area contributed by atoms with Crippen LogP contribution in [0.1, 0.15) is 51.4 Å². The van der Waals surface area contributed by atoms with Crippen molar-refractivity contribution in [2.75, 3.05) is 13.1 Å². The van der Waals surface area contributed by atoms with Crippen LogP contribution in [-0.2, 0) is 9.59 Å². The number of carboxylic acid groups (broad SMARTS) is 2. The van der Waals surface area contributed by atoms with E-state index in [4.69, 9.17) is 5.11 Å². The minimum absolute atomic E-state index is 0.0688. The maximum atomic E-state index is 11.4. The van der Waals surface area contributed by atoms with Crippen LogP contribution in [0, 0.1) is 0 Å². The van der Waals surface area contributed by atoms with Gasteiger partial charge in [0, 0.05) is 19.5 Å². The summed E-state index contributed by atoms with van der Waals surface area (Å²) in [6, 6.07) is -0.863. The summed E-state index contributed by atoms with van der Waals surface area (Å²) in [6.45, 7) is 1.36. The minimum Gasteiger partial charge on any atom is -0.481 e. The Morgan fingerprint density at radius 3 is 2.38 bits per heavy atom. The summed E-state index contributed by atoms with van der Waals surface area (Å²) < 4.78 is 0. The first-order valence-corrected chi connectivity index (χ1v) is 7.56. The van der Waals surface area contributed by atoms with E-state index in [2.05, 4.69) is 16.5 Å². The highest BCUT2D eigenvalue weighted by atomic mass is 16.4. The topological polar surface area (TPSA) is 114 Å². The lowest BCUT2D eigenvalue weighted by molar-refractivity contribution is -0.146. The molecule has 0 aromatic carbocycles. The molecule has 0 aromatic heterocycles. The number of nitrogens with one attached hydrogen (secondary N) is 3. The Morgan fingerprint density at radius 1 is 1.05 bits per heavy atom. The Labute approximate surface area is 124 Å². The molecule has 0 saturated carbocycles. The lowest BCUT2D eigenvalue weighted by Crippen LogP contribution is -2.58. The van der Waals surface area contributed by atoms with Crippen LogP contribution in [0.4, 0.5) is 0 Å². The third kappa shape index (κ3) is 7.96. The molecule has 21 heavy (non-hydrogen) atoms. The molecule has 0 radical (unpaired) electrons. The van der Waals surface area contributed by atoms with E-state index >= 15 is 0 Å². The Morgan fingerprint density at radius 2 is 1.71 bits per heavy atom. The van der Waals surface area contributed by atoms with Crippen LogP contribution >= 0.6 is 0 Å². The van der Waals surface area contributed by atoms with Crippen molar-refractivity contribution in [3.05, 3.63) is 0 Å². The first-order valence-electron chi connectivity index (χ1n) is 7.56. The highest BCUT2D eigenvalue weighted by molar-refractivity contribution is 5.75. The molecule has 0 amide bonds. The fourth-order valence-corrected chi connectivity index (χ4v) is 2.34. The summed E-state index contributed by atoms with van der Waals surface area (Å²) in [4.78, 5) is 22.0. The molecule has 1 aliphatic rings. The molecule has 0 spiro atoms. The summed E-state index contributed by atoms with van der Waals surface area (Å²) in [7, 11) is 0. The van der Waals surface area contributed by atoms with Crippen molar-refractivity contribution in [1.82, 2.24) is 21.5 Å². The van der Waals surface area contributed by atoms with Gasteiger partial charge < -0.3 is 10.2 Å². The maximum absolute atomic E-state index is 11.4. The van der Waals surface area contributed by atoms with Crippen LogP contribution in [0.3, 0.4) is 0 Å². The molecule has 1 unspecified atom stereocenters. The van der Waals surface area contributed by atoms with Gasteiger partial charge in [-0.2, -0.15) is 11.1 Å². The number of hydrogen-bond donors (Lipinski definition) is 5. The number of carbonyl (C=O) groups is 2. The molecule has 1 atom stereocenters. The molecule has 1 saturated heterocycles. The SMILES string of the molecule is O=C(O)CCC(C(=O)O)N1CCCCCCCCNNN1. The summed E-state index contributed by atoms with van der Waals surface area (Å²) in [6.07, 6.45) is 6.43. The second-order valence-electron chi connectivity index (χ2n) is 5.26. The highest BCUT2D eigenvalue weighted by Gasteiger charge is 2.26. The fraction of sp³-hybridized carbons (Fsp3) is 0.846. The van der Waals surface area contributed by atoms with Crippen LogP contribution in [0.2, 0.25) is 0 Å². The van der Waals surface area contributed by atoms with Gasteiger partial charge in [0.05, 0.1) is 0 Å². The van der Waals surface area contributed by atoms with Gasteiger partial charge in [0.2, 0.25) is 0 Å². The molecule has 1 fully saturated rings. The summed E-state index contributed by atoms with van der Waals surface area (Å²) in [5.74, 6) is -2.00. The van der Waals surface area contributed by atoms with E-state index in [0.717, 1.165) is 32.2 Å². The molecule has 0 bridgehead atoms. The van der Waals surface area contributed by atoms with E-state index < -0.39 is 18.0 Å². The Hall–Kier alpha value is -1.22. The summed E-state index contributed by atoms with van der Waals surface area (Å²) in [5, 5.41) is 19.6. The largest absolute Gasteiger partial charge is 0.481 e. The van der Waals surface area contributed by atoms with Gasteiger partial charge in [-0.25, -0.2) is 10.4 Å². The molecule has 0 aliphatic carbocycles. The van der Waals surface area contributed by atoms with Crippen LogP contribution in [0.25, 0.3) is 0 Å². The predicted octanol–water partition coefficient (Wildman–Crippen LogP) is 0.474. The smallest absolute Gasteiger partial charge is 0.322 e. The fourth-order valence-electron chi connectivity index (χ4n) is 2.34. The molecule has 122 valence electrons. The van der Waals surface area contributed by atoms with Crippen molar-refractivity contribution in [2.45, 2.75) is 57.4 Å². The van der Waals surface area contributed by atoms with Crippen LogP contribution in [0.5, 0.6) is 0 Å². The average Bonchev–Trinajstić information content (AvgIpc) is 2.40. The van der Waals surface area contributed by atoms with E-state index in [9.17, 15) is 14.7 Å². The zero-order chi connectivity index (χ0) is 15.5. The van der Waals surface area contributed by atoms with Crippen molar-refractivity contribution < 1.29 is 19.8 Å². The summed E-state index contributed by atoms with van der Waals surface area (Å²) in [5.41, 5.74) is 8.61. The Bertz CT molecular complexity index is 315. The van der Waals surface area contributed by atoms with Gasteiger partial charge in [-0.1, -0.05) is 25.7 Å². The zero-order valence-electron chi connectivity index (χ0n) is 12.3. The lowest BCUT2D eigenvalue weighted by Gasteiger charge is -2.29. The molecule has 1 aliphatic heterocycles. The molecule has 0 aromatic rings. The predicted molar refractivity (Wildman–Crippen MR) is 77.0 cm³/mol. The van der Waals surface area contributed by atoms with Gasteiger partial charge in [0.1, 0.15) is 6.04 Å². The van der Waals surface area contributed by atoms with Crippen molar-refractivity contribution >= 4 is 11.9 Å². The second-order valence-corrected chi connectivity index (χ2v) is 5.26. The van der Waals surface area contributed by atoms with Crippen molar-refractivity contribution in [2.24, 2.45) is 0 Å². The van der Waals surface area contributed by atoms with Crippen LogP contribution in [-0.4, -0.2) is 46.3 Å². The number of nitrogens with zero attached hydrogens (tertiary/aromatic N) is 1. The van der Waals surface area contributed by atoms with Crippen molar-refractivity contribution in [3.8, 4) is 0 Å². The molecular formula is C13H26N4O4. The second kappa shape index (κ2) is 10.5. The standard InChI is InChI=1S/C13H26N4O4/c18-12(19)8-7-11(13(20)21)17-10-6-4-2-1-3-5-9-14-15-16-17/h11,14-16H,1-10H2,(H,18,19)(H,20,21). The van der Waals surface area contributed by atoms with Crippen molar-refractivity contribution in [1.29, 1.82) is 0 Å². The molecule has 5 N–H and O–H groups in total. The first kappa shape index (κ1) is 17.8. The Kier molecular flexibility index (Phi) is 8.91. The molecule has 8 nitrogen and oxygen atoms in total. The number of aliphatic carboxylic acids is 2. The van der Waals surface area contributed by atoms with Gasteiger partial charge in [0.25, 0.3) is 0 Å². The van der Waals surface area contributed by atoms with E-state index in [1.54, 1.807) is 5.01 Å². The quantitative estimate of drug-likeness (QED) is 0.498. The first-order chi connectivity index (χ1) is 10.1. The number of carboxylic acids is 2. The van der Waals surface area contributed by atoms with Crippen molar-refractivity contribution in [3.63, 3.8) is 0 Å². The number of hydrazine groups is 3. The highest BCUT2D eigenvalue weighted by Crippen LogP contribution is 2.10. The van der Waals surface area contributed by atoms with Gasteiger partial charge in [-0.15, -0.1) is 0 Å². The monoisotopic (exact) mass is 302 g/mol. The van der Waals surface area contributed by atoms with E-state index in [0.29, 0.717) is 6.54 Å². The summed E-state index contributed by atoms with van der Waals surface area (Å²) >= 11 is 0. The van der Waals surface area contributed by atoms with Gasteiger partial charge in [-0.3, -0.25) is 9.59 Å². The average molecular weight is 302 g/mol. The van der Waals surface area contributed by atoms with E-state index in [-0.39, 0.29) is 12.8 Å². The van der Waals surface area contributed by atoms with E-state index in [1.165, 1.54) is 12.8 Å². The van der Waals surface area contributed by atoms with E-state index in [1.807, 2.05) is 0 Å². The number of rotatable bonds is 5. The zero-order valence-corrected chi connectivity index (χ0v) is 12.3. The molecule has 1 heterocycles. The third-order valence-electron chi connectivity index (χ3n) is 3.53. The van der Waals surface area contributed by atoms with Gasteiger partial charge in [-0.05, 0) is 19.3 Å². The Balaban J connectivity index is 2.56. The van der Waals surface area contributed by atoms with Crippen LogP contribution in [0.15, 0.2) is 0 Å². The van der Waals surface area contributed by atoms with Gasteiger partial charge in [0.15, 0.2) is 0 Å². The minimum atomic E-state index is -1.02.